The van der Waals surface area contributed by atoms with E-state index in [1.165, 1.54) is 14.2 Å². The summed E-state index contributed by atoms with van der Waals surface area (Å²) in [6.07, 6.45) is 1.56. The maximum atomic E-state index is 12.7. The van der Waals surface area contributed by atoms with Gasteiger partial charge in [0.1, 0.15) is 6.54 Å². The van der Waals surface area contributed by atoms with Crippen molar-refractivity contribution in [1.29, 1.82) is 0 Å². The Morgan fingerprint density at radius 2 is 1.87 bits per heavy atom. The van der Waals surface area contributed by atoms with E-state index in [0.717, 1.165) is 16.7 Å². The van der Waals surface area contributed by atoms with Gasteiger partial charge in [-0.3, -0.25) is 19.3 Å². The zero-order chi connectivity index (χ0) is 21.8. The van der Waals surface area contributed by atoms with Gasteiger partial charge in [-0.2, -0.15) is 0 Å². The molecule has 0 bridgehead atoms. The van der Waals surface area contributed by atoms with Crippen molar-refractivity contribution < 1.29 is 23.9 Å². The van der Waals surface area contributed by atoms with Gasteiger partial charge in [0.15, 0.2) is 11.5 Å². The standard InChI is InChI=1S/C20H16BrClN2O5S/c1-28-15-7-11(12(21)9-16(15)29-2)8-17-19(26)24(20(27)30-17)10-18(25)23-14-6-4-3-5-13(14)22/h3-9H,10H2,1-2H3,(H,23,25)/b17-8+. The summed E-state index contributed by atoms with van der Waals surface area (Å²) in [6.45, 7) is -0.416. The van der Waals surface area contributed by atoms with Crippen LogP contribution in [-0.2, 0) is 9.59 Å². The van der Waals surface area contributed by atoms with Gasteiger partial charge in [-0.25, -0.2) is 0 Å². The third kappa shape index (κ3) is 4.80. The zero-order valence-corrected chi connectivity index (χ0v) is 19.1. The van der Waals surface area contributed by atoms with E-state index in [1.807, 2.05) is 0 Å². The van der Waals surface area contributed by atoms with Crippen LogP contribution in [0.15, 0.2) is 45.8 Å². The summed E-state index contributed by atoms with van der Waals surface area (Å²) in [5.74, 6) is -0.0869. The lowest BCUT2D eigenvalue weighted by molar-refractivity contribution is -0.127. The highest BCUT2D eigenvalue weighted by Gasteiger charge is 2.36. The number of imide groups is 1. The minimum Gasteiger partial charge on any atom is -0.493 e. The van der Waals surface area contributed by atoms with Gasteiger partial charge < -0.3 is 14.8 Å². The van der Waals surface area contributed by atoms with Gasteiger partial charge in [-0.15, -0.1) is 0 Å². The molecule has 0 aliphatic carbocycles. The maximum absolute atomic E-state index is 12.7. The molecule has 2 aromatic carbocycles. The molecule has 30 heavy (non-hydrogen) atoms. The molecule has 0 atom stereocenters. The van der Waals surface area contributed by atoms with Crippen molar-refractivity contribution >= 4 is 68.1 Å². The molecule has 3 rings (SSSR count). The SMILES string of the molecule is COc1cc(Br)c(/C=C2/SC(=O)N(CC(=O)Nc3ccccc3Cl)C2=O)cc1OC. The Morgan fingerprint density at radius 3 is 2.53 bits per heavy atom. The van der Waals surface area contributed by atoms with Gasteiger partial charge in [0.25, 0.3) is 11.1 Å². The molecule has 0 unspecified atom stereocenters. The van der Waals surface area contributed by atoms with Crippen molar-refractivity contribution in [2.45, 2.75) is 0 Å². The molecular formula is C20H16BrClN2O5S. The minimum atomic E-state index is -0.555. The summed E-state index contributed by atoms with van der Waals surface area (Å²) < 4.78 is 11.2. The molecule has 3 amide bonds. The van der Waals surface area contributed by atoms with Gasteiger partial charge >= 0.3 is 0 Å². The van der Waals surface area contributed by atoms with Gasteiger partial charge in [0, 0.05) is 4.47 Å². The Labute approximate surface area is 190 Å². The van der Waals surface area contributed by atoms with Crippen molar-refractivity contribution in [3.63, 3.8) is 0 Å². The quantitative estimate of drug-likeness (QED) is 0.561. The van der Waals surface area contributed by atoms with Gasteiger partial charge in [0.05, 0.1) is 29.8 Å². The van der Waals surface area contributed by atoms with Crippen LogP contribution < -0.4 is 14.8 Å². The second kappa shape index (κ2) is 9.55. The number of hydrogen-bond donors (Lipinski definition) is 1. The van der Waals surface area contributed by atoms with Crippen molar-refractivity contribution in [3.8, 4) is 11.5 Å². The number of benzene rings is 2. The molecular weight excluding hydrogens is 496 g/mol. The Bertz CT molecular complexity index is 1060. The minimum absolute atomic E-state index is 0.193. The Morgan fingerprint density at radius 1 is 1.20 bits per heavy atom. The maximum Gasteiger partial charge on any atom is 0.294 e. The molecule has 0 radical (unpaired) electrons. The smallest absolute Gasteiger partial charge is 0.294 e. The van der Waals surface area contributed by atoms with Gasteiger partial charge in [-0.05, 0) is 47.7 Å². The lowest BCUT2D eigenvalue weighted by atomic mass is 10.2. The Hall–Kier alpha value is -2.49. The Kier molecular flexibility index (Phi) is 7.06. The van der Waals surface area contributed by atoms with Crippen molar-refractivity contribution in [1.82, 2.24) is 4.90 Å². The number of carbonyl (C=O) groups is 3. The van der Waals surface area contributed by atoms with Crippen molar-refractivity contribution in [2.24, 2.45) is 0 Å². The lowest BCUT2D eigenvalue weighted by Crippen LogP contribution is -2.36. The van der Waals surface area contributed by atoms with Crippen LogP contribution in [0.4, 0.5) is 10.5 Å². The molecule has 1 heterocycles. The molecule has 0 spiro atoms. The van der Waals surface area contributed by atoms with Crippen LogP contribution in [0.1, 0.15) is 5.56 Å². The van der Waals surface area contributed by atoms with Crippen LogP contribution in [0.5, 0.6) is 11.5 Å². The molecule has 156 valence electrons. The number of amides is 3. The first kappa shape index (κ1) is 22.2. The summed E-state index contributed by atoms with van der Waals surface area (Å²) in [6, 6.07) is 10.1. The van der Waals surface area contributed by atoms with E-state index >= 15 is 0 Å². The normalized spacial score (nSPS) is 14.9. The number of carbonyl (C=O) groups excluding carboxylic acids is 3. The molecule has 1 aliphatic rings. The largest absolute Gasteiger partial charge is 0.493 e. The lowest BCUT2D eigenvalue weighted by Gasteiger charge is -2.13. The number of anilines is 1. The number of methoxy groups -OCH3 is 2. The number of thioether (sulfide) groups is 1. The summed E-state index contributed by atoms with van der Waals surface area (Å²) in [7, 11) is 3.02. The highest BCUT2D eigenvalue weighted by atomic mass is 79.9. The number of ether oxygens (including phenoxy) is 2. The monoisotopic (exact) mass is 510 g/mol. The van der Waals surface area contributed by atoms with Crippen molar-refractivity contribution in [2.75, 3.05) is 26.1 Å². The first-order valence-electron chi connectivity index (χ1n) is 8.55. The topological polar surface area (TPSA) is 84.9 Å². The zero-order valence-electron chi connectivity index (χ0n) is 15.9. The van der Waals surface area contributed by atoms with Crippen LogP contribution in [-0.4, -0.2) is 42.7 Å². The number of nitrogens with zero attached hydrogens (tertiary/aromatic N) is 1. The van der Waals surface area contributed by atoms with Gasteiger partial charge in [0.2, 0.25) is 5.91 Å². The molecule has 1 saturated heterocycles. The van der Waals surface area contributed by atoms with E-state index < -0.39 is 23.6 Å². The third-order valence-electron chi connectivity index (χ3n) is 4.11. The summed E-state index contributed by atoms with van der Waals surface area (Å²) in [5, 5.41) is 2.42. The average Bonchev–Trinajstić information content (AvgIpc) is 2.98. The second-order valence-electron chi connectivity index (χ2n) is 6.02. The van der Waals surface area contributed by atoms with E-state index in [4.69, 9.17) is 21.1 Å². The summed E-state index contributed by atoms with van der Waals surface area (Å²) >= 11 is 10.2. The molecule has 2 aromatic rings. The van der Waals surface area contributed by atoms with E-state index in [1.54, 1.807) is 42.5 Å². The van der Waals surface area contributed by atoms with Crippen LogP contribution in [0.2, 0.25) is 5.02 Å². The fourth-order valence-corrected chi connectivity index (χ4v) is 4.10. The molecule has 1 aliphatic heterocycles. The van der Waals surface area contributed by atoms with Gasteiger partial charge in [-0.1, -0.05) is 39.7 Å². The highest BCUT2D eigenvalue weighted by molar-refractivity contribution is 9.10. The molecule has 0 saturated carbocycles. The molecule has 1 N–H and O–H groups in total. The molecule has 0 aromatic heterocycles. The average molecular weight is 512 g/mol. The number of para-hydroxylation sites is 1. The van der Waals surface area contributed by atoms with Crippen LogP contribution in [0, 0.1) is 0 Å². The molecule has 10 heteroatoms. The highest BCUT2D eigenvalue weighted by Crippen LogP contribution is 2.37. The van der Waals surface area contributed by atoms with E-state index in [9.17, 15) is 14.4 Å². The predicted molar refractivity (Wildman–Crippen MR) is 120 cm³/mol. The van der Waals surface area contributed by atoms with E-state index in [2.05, 4.69) is 21.2 Å². The fourth-order valence-electron chi connectivity index (χ4n) is 2.65. The predicted octanol–water partition coefficient (Wildman–Crippen LogP) is 4.79. The Balaban J connectivity index is 1.78. The van der Waals surface area contributed by atoms with Crippen molar-refractivity contribution in [3.05, 3.63) is 56.4 Å². The van der Waals surface area contributed by atoms with E-state index in [-0.39, 0.29) is 4.91 Å². The molecule has 7 nitrogen and oxygen atoms in total. The van der Waals surface area contributed by atoms with Crippen LogP contribution >= 0.6 is 39.3 Å². The fraction of sp³-hybridized carbons (Fsp3) is 0.150. The number of nitrogens with one attached hydrogen (secondary N) is 1. The first-order chi connectivity index (χ1) is 14.3. The number of rotatable bonds is 6. The van der Waals surface area contributed by atoms with E-state index in [0.29, 0.717) is 32.2 Å². The van der Waals surface area contributed by atoms with Crippen LogP contribution in [0.25, 0.3) is 6.08 Å². The summed E-state index contributed by atoms with van der Waals surface area (Å²) in [4.78, 5) is 38.4. The first-order valence-corrected chi connectivity index (χ1v) is 10.5. The number of halogens is 2. The summed E-state index contributed by atoms with van der Waals surface area (Å²) in [5.41, 5.74) is 1.03. The van der Waals surface area contributed by atoms with Crippen LogP contribution in [0.3, 0.4) is 0 Å². The second-order valence-corrected chi connectivity index (χ2v) is 8.28. The molecule has 1 fully saturated rings. The third-order valence-corrected chi connectivity index (χ3v) is 6.04. The number of hydrogen-bond acceptors (Lipinski definition) is 6.